The van der Waals surface area contributed by atoms with Gasteiger partial charge in [-0.3, -0.25) is 19.2 Å². The molecule has 0 radical (unpaired) electrons. The Labute approximate surface area is 810 Å². The quantitative estimate of drug-likeness (QED) is 0.0142. The number of phenols is 1. The van der Waals surface area contributed by atoms with Crippen LogP contribution >= 0.6 is 0 Å². The first-order chi connectivity index (χ1) is 68.2. The van der Waals surface area contributed by atoms with Gasteiger partial charge in [0.25, 0.3) is 0 Å². The fourth-order valence-electron chi connectivity index (χ4n) is 14.9. The predicted molar refractivity (Wildman–Crippen MR) is 485 cm³/mol. The molecule has 4 aliphatic heterocycles. The molecule has 4 amide bonds. The Bertz CT molecular complexity index is 4580. The number of aromatic carboxylic acids is 2. The van der Waals surface area contributed by atoms with Gasteiger partial charge in [-0.2, -0.15) is 10.2 Å². The summed E-state index contributed by atoms with van der Waals surface area (Å²) >= 11 is 0. The van der Waals surface area contributed by atoms with Crippen molar-refractivity contribution in [2.75, 3.05) is 230 Å². The number of aliphatic carboxylic acids is 1. The van der Waals surface area contributed by atoms with E-state index >= 15 is 0 Å². The van der Waals surface area contributed by atoms with E-state index < -0.39 is 120 Å². The van der Waals surface area contributed by atoms with Crippen LogP contribution in [-0.4, -0.2) is 426 Å². The van der Waals surface area contributed by atoms with Crippen LogP contribution in [0.15, 0.2) is 94.2 Å². The minimum atomic E-state index is -1.49. The lowest BCUT2D eigenvalue weighted by molar-refractivity contribution is -0.206. The average Bonchev–Trinajstić information content (AvgIpc) is 1.75. The summed E-state index contributed by atoms with van der Waals surface area (Å²) < 4.78 is 126. The van der Waals surface area contributed by atoms with Crippen molar-refractivity contribution in [3.8, 4) is 11.5 Å². The van der Waals surface area contributed by atoms with E-state index in [0.29, 0.717) is 34.5 Å². The van der Waals surface area contributed by atoms with Gasteiger partial charge < -0.3 is 163 Å². The number of azo groups is 1. The Hall–Kier alpha value is -10.5. The number of anilines is 1. The minimum Gasteiger partial charge on any atom is -0.505 e. The molecule has 0 aliphatic carbocycles. The third-order valence-electron chi connectivity index (χ3n) is 22.2. The van der Waals surface area contributed by atoms with Crippen LogP contribution < -0.4 is 31.3 Å². The van der Waals surface area contributed by atoms with E-state index in [9.17, 15) is 83.9 Å². The van der Waals surface area contributed by atoms with Crippen LogP contribution in [0.4, 0.5) is 10.1 Å². The molecule has 141 heavy (non-hydrogen) atoms. The van der Waals surface area contributed by atoms with Gasteiger partial charge in [0.05, 0.1) is 259 Å². The highest BCUT2D eigenvalue weighted by Gasteiger charge is 2.47. The molecule has 9 rings (SSSR count). The molecule has 3 saturated heterocycles. The highest BCUT2D eigenvalue weighted by Crippen LogP contribution is 2.36. The van der Waals surface area contributed by atoms with Crippen LogP contribution in [-0.2, 0) is 109 Å². The fourth-order valence-corrected chi connectivity index (χ4v) is 14.9. The zero-order valence-corrected chi connectivity index (χ0v) is 78.9. The molecule has 52 heteroatoms. The summed E-state index contributed by atoms with van der Waals surface area (Å²) in [5, 5.41) is 132. The van der Waals surface area contributed by atoms with E-state index in [4.69, 9.17) is 95.5 Å². The summed E-state index contributed by atoms with van der Waals surface area (Å²) in [6.45, 7) is 8.79. The predicted octanol–water partition coefficient (Wildman–Crippen LogP) is 0.340. The van der Waals surface area contributed by atoms with Crippen molar-refractivity contribution < 1.29 is 174 Å². The Morgan fingerprint density at radius 1 is 0.496 bits per heavy atom. The van der Waals surface area contributed by atoms with Crippen LogP contribution in [0, 0.1) is 17.3 Å². The number of hydrogen-bond donors (Lipinski definition) is 15. The Morgan fingerprint density at radius 3 is 1.36 bits per heavy atom. The summed E-state index contributed by atoms with van der Waals surface area (Å²) in [4.78, 5) is 92.2. The number of pyridine rings is 1. The number of aliphatic hydroxyl groups excluding tert-OH is 5. The van der Waals surface area contributed by atoms with E-state index in [2.05, 4.69) is 67.5 Å². The molecular weight excluding hydrogens is 1870 g/mol. The van der Waals surface area contributed by atoms with Gasteiger partial charge in [0.2, 0.25) is 23.6 Å². The Kier molecular flexibility index (Phi) is 50.8. The molecule has 0 saturated carbocycles. The number of carboxylic acid groups (broad SMARTS) is 3. The number of halogens is 1. The molecule has 784 valence electrons. The number of ether oxygens (including phenoxy) is 19. The SMILES string of the molecule is C[C@@H]1O[C@H](COCCOCCOCCOCCNC(=O)CCOCC(COCCC(=O)NCCOCCOCCOCCOC[C@H]2O[C@@H](C)C(n3cc(C(=O)O)nn3)[C@@H](O)[C@H]2O)(COCCC(=O)NCCOCCOCCOCCOC[C@H]2O[C@@H](C)[C@H](C3C=C(C(=O)O)N=N3)C[C@H]2O)NC(=O)CCCOc2ccc3nc(/C(=C/Nc4ccc(O)c(F)c4)N=N)ccc3c2)[C@H](O)[C@H](O)C1n1cc(C(=O)O)nn1. The molecule has 5 aromatic rings. The van der Waals surface area contributed by atoms with E-state index in [0.717, 1.165) is 27.8 Å². The van der Waals surface area contributed by atoms with Crippen molar-refractivity contribution in [1.29, 1.82) is 5.53 Å². The number of fused-ring (bicyclic) bond motifs is 1. The Morgan fingerprint density at radius 2 is 0.936 bits per heavy atom. The second-order valence-electron chi connectivity index (χ2n) is 32.9. The number of aromatic nitrogens is 7. The number of benzene rings is 2. The van der Waals surface area contributed by atoms with E-state index in [1.807, 2.05) is 6.92 Å². The van der Waals surface area contributed by atoms with Gasteiger partial charge in [0.15, 0.2) is 28.7 Å². The molecule has 51 nitrogen and oxygen atoms in total. The summed E-state index contributed by atoms with van der Waals surface area (Å²) in [6, 6.07) is 9.97. The molecule has 7 heterocycles. The number of carboxylic acids is 3. The second kappa shape index (κ2) is 62.8. The molecule has 15 N–H and O–H groups in total. The van der Waals surface area contributed by atoms with Crippen molar-refractivity contribution in [2.24, 2.45) is 21.3 Å². The Balaban J connectivity index is 0.695. The number of amides is 4. The lowest BCUT2D eigenvalue weighted by Crippen LogP contribution is -2.58. The van der Waals surface area contributed by atoms with Gasteiger partial charge >= 0.3 is 17.9 Å². The molecule has 3 aromatic heterocycles. The summed E-state index contributed by atoms with van der Waals surface area (Å²) in [5.74, 6) is -6.52. The third-order valence-corrected chi connectivity index (χ3v) is 22.2. The molecule has 15 atom stereocenters. The topological polar surface area (TPSA) is 672 Å². The van der Waals surface area contributed by atoms with Crippen LogP contribution in [0.2, 0.25) is 0 Å². The number of carbonyl (C=O) groups excluding carboxylic acids is 4. The van der Waals surface area contributed by atoms with Crippen LogP contribution in [0.25, 0.3) is 16.6 Å². The van der Waals surface area contributed by atoms with E-state index in [1.54, 1.807) is 44.2 Å². The molecular formula is C89H131FN16O35. The normalized spacial score (nSPS) is 22.3. The van der Waals surface area contributed by atoms with Gasteiger partial charge in [-0.05, 0) is 76.1 Å². The molecule has 0 spiro atoms. The van der Waals surface area contributed by atoms with Gasteiger partial charge in [-0.1, -0.05) is 16.5 Å². The number of phenolic OH excluding ortho intramolecular Hbond substituents is 1. The average molecular weight is 2000 g/mol. The number of aromatic hydroxyl groups is 1. The van der Waals surface area contributed by atoms with Crippen molar-refractivity contribution in [2.45, 2.75) is 150 Å². The van der Waals surface area contributed by atoms with Gasteiger partial charge in [-0.15, -0.1) is 15.3 Å². The molecule has 0 bridgehead atoms. The number of aliphatic hydroxyl groups is 5. The van der Waals surface area contributed by atoms with Gasteiger partial charge in [0.1, 0.15) is 71.8 Å². The fraction of sp³-hybridized carbons (Fsp3) is 0.663. The zero-order chi connectivity index (χ0) is 101. The standard InChI is InChI=1S/C89H131FN16O35/c1-56-62(66-46-67(86(117)118)100-99-66)45-72(108)73(139-56)50-132-40-37-129-34-31-126-28-25-123-22-15-92-76(109)12-19-135-53-89(97-79(112)5-4-18-138-61-8-10-64-59(43-61)6-9-65(96-64)68(98-91)47-95-60-7-11-71(107)63(90)44-60,54-136-20-13-77(110)93-16-23-124-26-29-127-32-35-130-38-41-133-51-74-82(113)84(115)80(57(2)140-74)105-48-69(87(119)120)101-103-105)55-137-21-14-78(111)94-17-24-125-27-30-128-33-36-131-39-42-134-52-75-83(114)85(116)81(58(3)141-75)106-49-70(88(121)122)102-104-106/h6-11,43-44,46-49,56-58,62,66,72-75,80-85,91,95,107-108,113-116H,4-5,12-42,45,50-55H2,1-3H3,(H,92,109)(H,93,110)(H,94,111)(H,97,112)(H,117,118)(H,119,120)(H,121,122)/b68-47-,98-91?/t56-,57-,58-,62+,66?,72+,73+,74+,75+,80?,81?,82-,83-,84+,85+,89?/m0/s1. The van der Waals surface area contributed by atoms with Crippen molar-refractivity contribution in [3.63, 3.8) is 0 Å². The second-order valence-corrected chi connectivity index (χ2v) is 32.9. The minimum absolute atomic E-state index is 0.0594. The summed E-state index contributed by atoms with van der Waals surface area (Å²) in [7, 11) is 0. The maximum Gasteiger partial charge on any atom is 0.358 e. The molecule has 4 aliphatic rings. The van der Waals surface area contributed by atoms with Crippen molar-refractivity contribution in [3.05, 3.63) is 102 Å². The third kappa shape index (κ3) is 40.0. The van der Waals surface area contributed by atoms with E-state index in [-0.39, 0.29) is 309 Å². The first-order valence-corrected chi connectivity index (χ1v) is 46.4. The number of rotatable bonds is 73. The lowest BCUT2D eigenvalue weighted by Gasteiger charge is -2.41. The molecule has 2 aromatic carbocycles. The highest BCUT2D eigenvalue weighted by atomic mass is 19.1. The summed E-state index contributed by atoms with van der Waals surface area (Å²) in [5.41, 5.74) is 6.81. The first-order valence-electron chi connectivity index (χ1n) is 46.4. The maximum atomic E-state index is 14.2. The van der Waals surface area contributed by atoms with Crippen LogP contribution in [0.5, 0.6) is 11.5 Å². The largest absolute Gasteiger partial charge is 0.505 e. The number of carbonyl (C=O) groups is 7. The van der Waals surface area contributed by atoms with Crippen molar-refractivity contribution >= 4 is 63.8 Å². The van der Waals surface area contributed by atoms with Crippen molar-refractivity contribution in [1.82, 2.24) is 56.2 Å². The van der Waals surface area contributed by atoms with Gasteiger partial charge in [-0.25, -0.2) is 38.7 Å². The zero-order valence-electron chi connectivity index (χ0n) is 78.9. The smallest absolute Gasteiger partial charge is 0.358 e. The number of nitrogens with one attached hydrogen (secondary N) is 6. The lowest BCUT2D eigenvalue weighted by atomic mass is 9.85. The molecule has 3 fully saturated rings. The number of nitrogens with zero attached hydrogens (tertiary/aromatic N) is 10. The van der Waals surface area contributed by atoms with Crippen LogP contribution in [0.1, 0.15) is 98.1 Å². The van der Waals surface area contributed by atoms with Gasteiger partial charge in [0, 0.05) is 74.6 Å². The molecule has 3 unspecified atom stereocenters. The first kappa shape index (κ1) is 114. The summed E-state index contributed by atoms with van der Waals surface area (Å²) in [6.07, 6.45) is -5.06. The van der Waals surface area contributed by atoms with E-state index in [1.165, 1.54) is 24.4 Å². The number of hydrogen-bond acceptors (Lipinski definition) is 42. The monoisotopic (exact) mass is 2000 g/mol. The highest BCUT2D eigenvalue weighted by molar-refractivity contribution is 5.87. The van der Waals surface area contributed by atoms with Crippen LogP contribution in [0.3, 0.4) is 0 Å². The maximum absolute atomic E-state index is 14.2.